The second kappa shape index (κ2) is 5.36. The minimum atomic E-state index is 0.500. The summed E-state index contributed by atoms with van der Waals surface area (Å²) in [7, 11) is 0. The molecule has 0 saturated heterocycles. The van der Waals surface area contributed by atoms with E-state index in [4.69, 9.17) is 5.26 Å². The highest BCUT2D eigenvalue weighted by molar-refractivity contribution is 5.15. The number of aryl methyl sites for hydroxylation is 2. The molecule has 0 N–H and O–H groups in total. The van der Waals surface area contributed by atoms with Crippen LogP contribution in [0.2, 0.25) is 0 Å². The first kappa shape index (κ1) is 10.7. The van der Waals surface area contributed by atoms with Crippen LogP contribution < -0.4 is 0 Å². The van der Waals surface area contributed by atoms with Gasteiger partial charge in [0.15, 0.2) is 0 Å². The summed E-state index contributed by atoms with van der Waals surface area (Å²) < 4.78 is 1.83. The lowest BCUT2D eigenvalue weighted by atomic mass is 10.6. The van der Waals surface area contributed by atoms with Crippen LogP contribution in [0.1, 0.15) is 32.3 Å². The molecule has 0 atom stereocenters. The van der Waals surface area contributed by atoms with Crippen molar-refractivity contribution in [3.05, 3.63) is 17.7 Å². The highest BCUT2D eigenvalue weighted by Gasteiger charge is 2.00. The lowest BCUT2D eigenvalue weighted by Crippen LogP contribution is -1.95. The Kier molecular flexibility index (Phi) is 4.78. The Morgan fingerprint density at radius 3 is 2.50 bits per heavy atom. The van der Waals surface area contributed by atoms with Crippen molar-refractivity contribution < 1.29 is 0 Å². The van der Waals surface area contributed by atoms with Crippen molar-refractivity contribution in [2.45, 2.75) is 34.2 Å². The van der Waals surface area contributed by atoms with Crippen LogP contribution in [0.3, 0.4) is 0 Å². The molecule has 0 radical (unpaired) electrons. The Bertz CT molecular complexity index is 268. The van der Waals surface area contributed by atoms with E-state index in [2.05, 4.69) is 4.98 Å². The normalized spacial score (nSPS) is 8.25. The van der Waals surface area contributed by atoms with Gasteiger partial charge in [0.1, 0.15) is 6.07 Å². The first-order chi connectivity index (χ1) is 5.77. The summed E-state index contributed by atoms with van der Waals surface area (Å²) in [6.45, 7) is 8.68. The fourth-order valence-electron chi connectivity index (χ4n) is 0.877. The van der Waals surface area contributed by atoms with E-state index in [9.17, 15) is 0 Å². The number of aromatic nitrogens is 2. The number of nitriles is 1. The lowest BCUT2D eigenvalue weighted by Gasteiger charge is -1.93. The second-order valence-electron chi connectivity index (χ2n) is 2.10. The first-order valence-electron chi connectivity index (χ1n) is 4.21. The van der Waals surface area contributed by atoms with Crippen molar-refractivity contribution in [3.8, 4) is 6.07 Å². The molecule has 1 rings (SSSR count). The largest absolute Gasteiger partial charge is 0.323 e. The van der Waals surface area contributed by atoms with Gasteiger partial charge in [0.25, 0.3) is 0 Å². The molecule has 0 fully saturated rings. The third-order valence-corrected chi connectivity index (χ3v) is 1.34. The average molecular weight is 165 g/mol. The molecule has 0 saturated carbocycles. The smallest absolute Gasteiger partial charge is 0.212 e. The van der Waals surface area contributed by atoms with Gasteiger partial charge in [-0.1, -0.05) is 13.8 Å². The molecule has 3 nitrogen and oxygen atoms in total. The Labute approximate surface area is 73.7 Å². The number of hydrogen-bond acceptors (Lipinski definition) is 2. The minimum Gasteiger partial charge on any atom is -0.323 e. The van der Waals surface area contributed by atoms with Crippen molar-refractivity contribution in [2.24, 2.45) is 0 Å². The van der Waals surface area contributed by atoms with Crippen LogP contribution in [0.4, 0.5) is 0 Å². The van der Waals surface area contributed by atoms with E-state index in [1.807, 2.05) is 44.5 Å². The van der Waals surface area contributed by atoms with Crippen molar-refractivity contribution in [1.29, 1.82) is 5.26 Å². The maximum Gasteiger partial charge on any atom is 0.212 e. The van der Waals surface area contributed by atoms with E-state index in [0.717, 1.165) is 12.2 Å². The molecule has 12 heavy (non-hydrogen) atoms. The molecule has 0 bridgehead atoms. The van der Waals surface area contributed by atoms with Crippen LogP contribution in [0, 0.1) is 18.3 Å². The summed E-state index contributed by atoms with van der Waals surface area (Å²) in [6, 6.07) is 2.02. The molecule has 0 aliphatic rings. The quantitative estimate of drug-likeness (QED) is 0.639. The third kappa shape index (κ3) is 2.39. The average Bonchev–Trinajstić information content (AvgIpc) is 2.49. The first-order valence-corrected chi connectivity index (χ1v) is 4.21. The van der Waals surface area contributed by atoms with Crippen LogP contribution in [0.15, 0.2) is 6.20 Å². The van der Waals surface area contributed by atoms with Gasteiger partial charge in [-0.25, -0.2) is 4.98 Å². The lowest BCUT2D eigenvalue weighted by molar-refractivity contribution is 0.748. The van der Waals surface area contributed by atoms with Gasteiger partial charge in [-0.3, -0.25) is 0 Å². The van der Waals surface area contributed by atoms with E-state index in [1.54, 1.807) is 0 Å². The summed E-state index contributed by atoms with van der Waals surface area (Å²) in [5.41, 5.74) is 0.901. The Balaban J connectivity index is 0.000000561. The highest BCUT2D eigenvalue weighted by atomic mass is 15.1. The van der Waals surface area contributed by atoms with E-state index in [0.29, 0.717) is 5.82 Å². The topological polar surface area (TPSA) is 41.6 Å². The Morgan fingerprint density at radius 2 is 2.17 bits per heavy atom. The van der Waals surface area contributed by atoms with Gasteiger partial charge < -0.3 is 4.57 Å². The molecular formula is C9H15N3. The zero-order valence-corrected chi connectivity index (χ0v) is 8.13. The summed E-state index contributed by atoms with van der Waals surface area (Å²) in [5.74, 6) is 0.500. The number of rotatable bonds is 1. The van der Waals surface area contributed by atoms with Crippen LogP contribution in [-0.2, 0) is 6.54 Å². The zero-order chi connectivity index (χ0) is 9.56. The third-order valence-electron chi connectivity index (χ3n) is 1.34. The highest BCUT2D eigenvalue weighted by Crippen LogP contribution is 1.99. The number of nitrogens with zero attached hydrogens (tertiary/aromatic N) is 3. The van der Waals surface area contributed by atoms with Gasteiger partial charge in [-0.15, -0.1) is 0 Å². The predicted octanol–water partition coefficient (Wildman–Crippen LogP) is 2.11. The van der Waals surface area contributed by atoms with Crippen LogP contribution in [0.5, 0.6) is 0 Å². The molecule has 0 unspecified atom stereocenters. The van der Waals surface area contributed by atoms with Gasteiger partial charge >= 0.3 is 0 Å². The summed E-state index contributed by atoms with van der Waals surface area (Å²) >= 11 is 0. The van der Waals surface area contributed by atoms with Gasteiger partial charge in [0.2, 0.25) is 5.82 Å². The number of hydrogen-bond donors (Lipinski definition) is 0. The summed E-state index contributed by atoms with van der Waals surface area (Å²) in [5, 5.41) is 8.53. The zero-order valence-electron chi connectivity index (χ0n) is 8.13. The van der Waals surface area contributed by atoms with Gasteiger partial charge in [-0.05, 0) is 13.8 Å². The molecule has 0 amide bonds. The van der Waals surface area contributed by atoms with E-state index < -0.39 is 0 Å². The fraction of sp³-hybridized carbons (Fsp3) is 0.556. The van der Waals surface area contributed by atoms with E-state index in [1.165, 1.54) is 0 Å². The summed E-state index contributed by atoms with van der Waals surface area (Å²) in [4.78, 5) is 4.00. The van der Waals surface area contributed by atoms with Gasteiger partial charge in [0.05, 0.1) is 5.69 Å². The second-order valence-corrected chi connectivity index (χ2v) is 2.10. The molecular weight excluding hydrogens is 150 g/mol. The maximum atomic E-state index is 8.53. The van der Waals surface area contributed by atoms with Crippen molar-refractivity contribution in [3.63, 3.8) is 0 Å². The Hall–Kier alpha value is -1.30. The molecule has 3 heteroatoms. The molecule has 0 aromatic carbocycles. The molecule has 0 aliphatic carbocycles. The molecule has 1 heterocycles. The SMILES string of the molecule is CC.CCn1cc(C)nc1C#N. The minimum absolute atomic E-state index is 0.500. The molecule has 1 aromatic heterocycles. The Morgan fingerprint density at radius 1 is 1.58 bits per heavy atom. The van der Waals surface area contributed by atoms with Crippen molar-refractivity contribution in [1.82, 2.24) is 9.55 Å². The van der Waals surface area contributed by atoms with Gasteiger partial charge in [0, 0.05) is 12.7 Å². The van der Waals surface area contributed by atoms with Crippen molar-refractivity contribution >= 4 is 0 Å². The fourth-order valence-corrected chi connectivity index (χ4v) is 0.877. The number of imidazole rings is 1. The molecule has 0 spiro atoms. The van der Waals surface area contributed by atoms with Crippen LogP contribution in [0.25, 0.3) is 0 Å². The molecule has 0 aliphatic heterocycles. The monoisotopic (exact) mass is 165 g/mol. The van der Waals surface area contributed by atoms with E-state index in [-0.39, 0.29) is 0 Å². The molecule has 66 valence electrons. The van der Waals surface area contributed by atoms with Crippen LogP contribution >= 0.6 is 0 Å². The van der Waals surface area contributed by atoms with Crippen molar-refractivity contribution in [2.75, 3.05) is 0 Å². The van der Waals surface area contributed by atoms with Crippen LogP contribution in [-0.4, -0.2) is 9.55 Å². The maximum absolute atomic E-state index is 8.53. The predicted molar refractivity (Wildman–Crippen MR) is 48.7 cm³/mol. The van der Waals surface area contributed by atoms with E-state index >= 15 is 0 Å². The summed E-state index contributed by atoms with van der Waals surface area (Å²) in [6.07, 6.45) is 1.87. The standard InChI is InChI=1S/C7H9N3.C2H6/c1-3-10-5-6(2)9-7(10)4-8;1-2/h5H,3H2,1-2H3;1-2H3. The molecule has 1 aromatic rings. The van der Waals surface area contributed by atoms with Gasteiger partial charge in [-0.2, -0.15) is 5.26 Å².